The molecule has 4 N–H and O–H groups in total. The quantitative estimate of drug-likeness (QED) is 0.331. The van der Waals surface area contributed by atoms with Crippen molar-refractivity contribution in [3.05, 3.63) is 11.9 Å². The van der Waals surface area contributed by atoms with Crippen LogP contribution in [0.1, 0.15) is 5.69 Å². The van der Waals surface area contributed by atoms with E-state index in [4.69, 9.17) is 24.4 Å². The van der Waals surface area contributed by atoms with Crippen molar-refractivity contribution in [1.82, 2.24) is 36.3 Å². The molecule has 0 spiro atoms. The van der Waals surface area contributed by atoms with E-state index in [1.54, 1.807) is 35.4 Å². The highest BCUT2D eigenvalue weighted by atomic mass is 32.2. The number of hydrogen-bond acceptors (Lipinski definition) is 6. The average Bonchev–Trinajstić information content (AvgIpc) is 3.01. The first kappa shape index (κ1) is 20.3. The van der Waals surface area contributed by atoms with Gasteiger partial charge in [0.15, 0.2) is 10.2 Å². The fraction of sp³-hybridized carbons (Fsp3) is 0.667. The fourth-order valence-corrected chi connectivity index (χ4v) is 3.03. The van der Waals surface area contributed by atoms with E-state index in [0.29, 0.717) is 10.2 Å². The van der Waals surface area contributed by atoms with Gasteiger partial charge in [-0.2, -0.15) is 26.8 Å². The molecule has 1 aromatic rings. The molecule has 0 aromatic carbocycles. The Morgan fingerprint density at radius 3 is 2.30 bits per heavy atom. The Bertz CT molecular complexity index is 439. The van der Waals surface area contributed by atoms with Gasteiger partial charge in [0.25, 0.3) is 0 Å². The third kappa shape index (κ3) is 9.84. The second kappa shape index (κ2) is 12.6. The van der Waals surface area contributed by atoms with Gasteiger partial charge in [-0.05, 0) is 24.4 Å². The maximum absolute atomic E-state index is 5.01. The normalized spacial score (nSPS) is 10.2. The lowest BCUT2D eigenvalue weighted by Gasteiger charge is -2.06. The summed E-state index contributed by atoms with van der Waals surface area (Å²) in [6.45, 7) is 1.67. The molecule has 0 atom stereocenters. The molecule has 23 heavy (non-hydrogen) atoms. The zero-order chi connectivity index (χ0) is 16.9. The standard InChI is InChI=1S/C12H23N7S4/c1-13-11(20)15-3-5-22-8-10-7-17-19(18-10)9-23-6-4-16-12(21)14-2/h7H,3-6,8-9H2,1-2H3,(H2,13,15,20)(H2,14,16,21). The predicted molar refractivity (Wildman–Crippen MR) is 108 cm³/mol. The molecule has 0 aliphatic rings. The maximum Gasteiger partial charge on any atom is 0.166 e. The summed E-state index contributed by atoms with van der Waals surface area (Å²) in [5.41, 5.74) is 1.00. The second-order valence-electron chi connectivity index (χ2n) is 4.31. The van der Waals surface area contributed by atoms with Crippen LogP contribution >= 0.6 is 48.0 Å². The van der Waals surface area contributed by atoms with Gasteiger partial charge in [0.2, 0.25) is 0 Å². The number of nitrogens with zero attached hydrogens (tertiary/aromatic N) is 3. The number of aromatic nitrogens is 3. The molecule has 0 saturated carbocycles. The van der Waals surface area contributed by atoms with Crippen molar-refractivity contribution in [2.45, 2.75) is 11.6 Å². The number of thioether (sulfide) groups is 2. The molecule has 0 aliphatic heterocycles. The lowest BCUT2D eigenvalue weighted by atomic mass is 10.6. The highest BCUT2D eigenvalue weighted by molar-refractivity contribution is 7.98. The number of rotatable bonds is 10. The summed E-state index contributed by atoms with van der Waals surface area (Å²) < 4.78 is 0. The van der Waals surface area contributed by atoms with E-state index >= 15 is 0 Å². The van der Waals surface area contributed by atoms with E-state index in [-0.39, 0.29) is 0 Å². The van der Waals surface area contributed by atoms with E-state index in [1.165, 1.54) is 0 Å². The molecular formula is C12H23N7S4. The zero-order valence-corrected chi connectivity index (χ0v) is 16.6. The minimum absolute atomic E-state index is 0.673. The van der Waals surface area contributed by atoms with Crippen molar-refractivity contribution in [3.63, 3.8) is 0 Å². The second-order valence-corrected chi connectivity index (χ2v) is 7.31. The van der Waals surface area contributed by atoms with Gasteiger partial charge in [-0.15, -0.1) is 11.8 Å². The molecule has 7 nitrogen and oxygen atoms in total. The number of thiocarbonyl (C=S) groups is 2. The maximum atomic E-state index is 5.01. The highest BCUT2D eigenvalue weighted by Gasteiger charge is 2.01. The van der Waals surface area contributed by atoms with Crippen LogP contribution in [-0.2, 0) is 11.6 Å². The fourth-order valence-electron chi connectivity index (χ4n) is 1.43. The Hall–Kier alpha value is -0.780. The van der Waals surface area contributed by atoms with Gasteiger partial charge in [-0.3, -0.25) is 0 Å². The minimum atomic E-state index is 0.673. The summed E-state index contributed by atoms with van der Waals surface area (Å²) in [6, 6.07) is 0. The summed E-state index contributed by atoms with van der Waals surface area (Å²) in [5.74, 6) is 3.53. The van der Waals surface area contributed by atoms with Gasteiger partial charge < -0.3 is 21.3 Å². The Morgan fingerprint density at radius 2 is 1.70 bits per heavy atom. The van der Waals surface area contributed by atoms with Crippen molar-refractivity contribution >= 4 is 58.2 Å². The summed E-state index contributed by atoms with van der Waals surface area (Å²) in [6.07, 6.45) is 1.83. The molecule has 1 rings (SSSR count). The van der Waals surface area contributed by atoms with Gasteiger partial charge >= 0.3 is 0 Å². The van der Waals surface area contributed by atoms with Crippen molar-refractivity contribution in [3.8, 4) is 0 Å². The van der Waals surface area contributed by atoms with Crippen LogP contribution < -0.4 is 21.3 Å². The molecule has 0 saturated heterocycles. The van der Waals surface area contributed by atoms with E-state index in [9.17, 15) is 0 Å². The van der Waals surface area contributed by atoms with E-state index in [1.807, 2.05) is 13.2 Å². The van der Waals surface area contributed by atoms with Gasteiger partial charge in [0.1, 0.15) is 5.88 Å². The SMILES string of the molecule is CNC(=S)NCCSCc1cnn(CSCCNC(=S)NC)n1. The molecule has 130 valence electrons. The molecule has 0 unspecified atom stereocenters. The molecule has 1 heterocycles. The molecule has 1 aromatic heterocycles. The summed E-state index contributed by atoms with van der Waals surface area (Å²) in [7, 11) is 3.62. The van der Waals surface area contributed by atoms with Crippen molar-refractivity contribution in [2.24, 2.45) is 0 Å². The predicted octanol–water partition coefficient (Wildman–Crippen LogP) is 0.390. The average molecular weight is 394 g/mol. The number of hydrogen-bond donors (Lipinski definition) is 4. The topological polar surface area (TPSA) is 78.8 Å². The molecule has 11 heteroatoms. The summed E-state index contributed by atoms with van der Waals surface area (Å²) in [4.78, 5) is 1.73. The third-order valence-corrected chi connectivity index (χ3v) is 5.15. The van der Waals surface area contributed by atoms with Crippen LogP contribution in [0.4, 0.5) is 0 Å². The van der Waals surface area contributed by atoms with Gasteiger partial charge in [-0.25, -0.2) is 0 Å². The number of nitrogens with one attached hydrogen (secondary N) is 4. The molecule has 0 bridgehead atoms. The van der Waals surface area contributed by atoms with Crippen LogP contribution in [-0.4, -0.2) is 63.9 Å². The van der Waals surface area contributed by atoms with Crippen LogP contribution in [0.3, 0.4) is 0 Å². The van der Waals surface area contributed by atoms with Crippen LogP contribution in [0.5, 0.6) is 0 Å². The van der Waals surface area contributed by atoms with E-state index < -0.39 is 0 Å². The van der Waals surface area contributed by atoms with Gasteiger partial charge in [0.05, 0.1) is 11.9 Å². The van der Waals surface area contributed by atoms with Crippen molar-refractivity contribution < 1.29 is 0 Å². The molecule has 0 amide bonds. The monoisotopic (exact) mass is 393 g/mol. The first-order valence-electron chi connectivity index (χ1n) is 7.11. The van der Waals surface area contributed by atoms with Gasteiger partial charge in [0, 0.05) is 44.4 Å². The van der Waals surface area contributed by atoms with Crippen LogP contribution in [0.25, 0.3) is 0 Å². The highest BCUT2D eigenvalue weighted by Crippen LogP contribution is 2.09. The third-order valence-electron chi connectivity index (χ3n) is 2.56. The molecule has 0 radical (unpaired) electrons. The zero-order valence-electron chi connectivity index (χ0n) is 13.3. The molecule has 0 aliphatic carbocycles. The van der Waals surface area contributed by atoms with Crippen LogP contribution in [0.2, 0.25) is 0 Å². The Morgan fingerprint density at radius 1 is 1.09 bits per heavy atom. The summed E-state index contributed by atoms with van der Waals surface area (Å²) >= 11 is 13.6. The Kier molecular flexibility index (Phi) is 11.1. The molecule has 0 fully saturated rings. The lowest BCUT2D eigenvalue weighted by Crippen LogP contribution is -2.33. The smallest absolute Gasteiger partial charge is 0.166 e. The van der Waals surface area contributed by atoms with E-state index in [0.717, 1.165) is 41.9 Å². The van der Waals surface area contributed by atoms with Crippen LogP contribution in [0, 0.1) is 0 Å². The largest absolute Gasteiger partial charge is 0.366 e. The van der Waals surface area contributed by atoms with E-state index in [2.05, 4.69) is 31.5 Å². The first-order valence-corrected chi connectivity index (χ1v) is 10.2. The summed E-state index contributed by atoms with van der Waals surface area (Å²) in [5, 5.41) is 22.1. The lowest BCUT2D eigenvalue weighted by molar-refractivity contribution is 0.635. The van der Waals surface area contributed by atoms with Crippen molar-refractivity contribution in [2.75, 3.05) is 38.7 Å². The Labute approximate surface area is 156 Å². The first-order chi connectivity index (χ1) is 11.2. The Balaban J connectivity index is 2.07. The van der Waals surface area contributed by atoms with Gasteiger partial charge in [-0.1, -0.05) is 0 Å². The van der Waals surface area contributed by atoms with Crippen molar-refractivity contribution in [1.29, 1.82) is 0 Å². The van der Waals surface area contributed by atoms with Crippen LogP contribution in [0.15, 0.2) is 6.20 Å². The minimum Gasteiger partial charge on any atom is -0.366 e. The molecular weight excluding hydrogens is 370 g/mol.